The molecule has 1 amide bonds. The molecule has 0 aromatic heterocycles. The number of carbonyl (C=O) groups is 2. The van der Waals surface area contributed by atoms with Gasteiger partial charge in [0.25, 0.3) is 5.91 Å². The van der Waals surface area contributed by atoms with Crippen LogP contribution in [0.15, 0.2) is 24.3 Å². The van der Waals surface area contributed by atoms with E-state index in [2.05, 4.69) is 4.90 Å². The minimum absolute atomic E-state index is 0.0978. The van der Waals surface area contributed by atoms with E-state index in [0.29, 0.717) is 19.6 Å². The van der Waals surface area contributed by atoms with Crippen LogP contribution in [-0.2, 0) is 4.79 Å². The number of hydrogen-bond acceptors (Lipinski definition) is 3. The van der Waals surface area contributed by atoms with Gasteiger partial charge >= 0.3 is 0 Å². The normalized spacial score (nSPS) is 16.4. The van der Waals surface area contributed by atoms with Gasteiger partial charge < -0.3 is 4.90 Å². The number of nitrogens with zero attached hydrogens (tertiary/aromatic N) is 2. The predicted octanol–water partition coefficient (Wildman–Crippen LogP) is 1.34. The minimum Gasteiger partial charge on any atom is -0.336 e. The molecule has 1 aliphatic rings. The van der Waals surface area contributed by atoms with Crippen LogP contribution in [0.25, 0.3) is 0 Å². The molecule has 0 spiro atoms. The lowest BCUT2D eigenvalue weighted by atomic mass is 10.1. The van der Waals surface area contributed by atoms with E-state index in [1.165, 1.54) is 0 Å². The Kier molecular flexibility index (Phi) is 4.32. The number of piperazine rings is 1. The van der Waals surface area contributed by atoms with Gasteiger partial charge in [0.2, 0.25) is 0 Å². The van der Waals surface area contributed by atoms with Gasteiger partial charge in [0.15, 0.2) is 0 Å². The van der Waals surface area contributed by atoms with Crippen LogP contribution in [-0.4, -0.2) is 54.2 Å². The molecule has 102 valence electrons. The summed E-state index contributed by atoms with van der Waals surface area (Å²) in [6, 6.07) is 7.67. The second kappa shape index (κ2) is 5.97. The first kappa shape index (κ1) is 13.7. The lowest BCUT2D eigenvalue weighted by Gasteiger charge is -2.34. The van der Waals surface area contributed by atoms with E-state index in [-0.39, 0.29) is 11.7 Å². The van der Waals surface area contributed by atoms with Crippen molar-refractivity contribution in [2.24, 2.45) is 0 Å². The zero-order valence-corrected chi connectivity index (χ0v) is 11.6. The molecule has 0 atom stereocenters. The van der Waals surface area contributed by atoms with Crippen LogP contribution in [0.5, 0.6) is 0 Å². The van der Waals surface area contributed by atoms with Crippen LogP contribution in [0.4, 0.5) is 0 Å². The fourth-order valence-electron chi connectivity index (χ4n) is 2.41. The van der Waals surface area contributed by atoms with E-state index in [0.717, 1.165) is 24.2 Å². The van der Waals surface area contributed by atoms with Gasteiger partial charge in [0.05, 0.1) is 6.54 Å². The van der Waals surface area contributed by atoms with Gasteiger partial charge in [0, 0.05) is 31.7 Å². The first-order valence-electron chi connectivity index (χ1n) is 6.64. The molecular weight excluding hydrogens is 240 g/mol. The highest BCUT2D eigenvalue weighted by Gasteiger charge is 2.23. The quantitative estimate of drug-likeness (QED) is 0.823. The van der Waals surface area contributed by atoms with Gasteiger partial charge in [-0.3, -0.25) is 14.5 Å². The highest BCUT2D eigenvalue weighted by molar-refractivity contribution is 5.95. The number of ketones is 1. The van der Waals surface area contributed by atoms with Crippen LogP contribution in [0.1, 0.15) is 22.8 Å². The SMILES string of the molecule is CC(=O)CN1CCN(C(=O)c2ccccc2C)CC1. The Labute approximate surface area is 114 Å². The van der Waals surface area contributed by atoms with Crippen molar-refractivity contribution in [3.05, 3.63) is 35.4 Å². The zero-order valence-electron chi connectivity index (χ0n) is 11.6. The van der Waals surface area contributed by atoms with Crippen LogP contribution < -0.4 is 0 Å². The summed E-state index contributed by atoms with van der Waals surface area (Å²) in [6.07, 6.45) is 0. The summed E-state index contributed by atoms with van der Waals surface area (Å²) in [5, 5.41) is 0. The van der Waals surface area contributed by atoms with E-state index in [1.807, 2.05) is 36.1 Å². The summed E-state index contributed by atoms with van der Waals surface area (Å²) in [5.41, 5.74) is 1.79. The smallest absolute Gasteiger partial charge is 0.254 e. The fraction of sp³-hybridized carbons (Fsp3) is 0.467. The average Bonchev–Trinajstić information content (AvgIpc) is 2.39. The number of aryl methyl sites for hydroxylation is 1. The maximum absolute atomic E-state index is 12.4. The molecule has 2 rings (SSSR count). The molecule has 1 saturated heterocycles. The summed E-state index contributed by atoms with van der Waals surface area (Å²) in [4.78, 5) is 27.4. The van der Waals surface area contributed by atoms with Crippen molar-refractivity contribution in [2.75, 3.05) is 32.7 Å². The Bertz CT molecular complexity index is 477. The molecule has 0 radical (unpaired) electrons. The topological polar surface area (TPSA) is 40.6 Å². The summed E-state index contributed by atoms with van der Waals surface area (Å²) < 4.78 is 0. The third-order valence-electron chi connectivity index (χ3n) is 3.48. The van der Waals surface area contributed by atoms with Crippen molar-refractivity contribution < 1.29 is 9.59 Å². The Morgan fingerprint density at radius 2 is 1.74 bits per heavy atom. The van der Waals surface area contributed by atoms with Crippen LogP contribution >= 0.6 is 0 Å². The van der Waals surface area contributed by atoms with Crippen molar-refractivity contribution in [2.45, 2.75) is 13.8 Å². The van der Waals surface area contributed by atoms with Crippen LogP contribution in [0.3, 0.4) is 0 Å². The highest BCUT2D eigenvalue weighted by Crippen LogP contribution is 2.12. The summed E-state index contributed by atoms with van der Waals surface area (Å²) >= 11 is 0. The largest absolute Gasteiger partial charge is 0.336 e. The fourth-order valence-corrected chi connectivity index (χ4v) is 2.41. The van der Waals surface area contributed by atoms with E-state index < -0.39 is 0 Å². The van der Waals surface area contributed by atoms with E-state index in [9.17, 15) is 9.59 Å². The molecule has 0 aliphatic carbocycles. The van der Waals surface area contributed by atoms with Crippen molar-refractivity contribution in [3.63, 3.8) is 0 Å². The second-order valence-electron chi connectivity index (χ2n) is 5.09. The molecule has 1 fully saturated rings. The first-order chi connectivity index (χ1) is 9.08. The molecule has 1 heterocycles. The highest BCUT2D eigenvalue weighted by atomic mass is 16.2. The van der Waals surface area contributed by atoms with E-state index >= 15 is 0 Å². The van der Waals surface area contributed by atoms with Crippen molar-refractivity contribution in [3.8, 4) is 0 Å². The average molecular weight is 260 g/mol. The molecule has 1 aromatic rings. The summed E-state index contributed by atoms with van der Waals surface area (Å²) in [7, 11) is 0. The van der Waals surface area contributed by atoms with Gasteiger partial charge in [-0.05, 0) is 25.5 Å². The Morgan fingerprint density at radius 3 is 2.32 bits per heavy atom. The van der Waals surface area contributed by atoms with E-state index in [4.69, 9.17) is 0 Å². The Morgan fingerprint density at radius 1 is 1.11 bits per heavy atom. The monoisotopic (exact) mass is 260 g/mol. The maximum atomic E-state index is 12.4. The molecule has 0 bridgehead atoms. The lowest BCUT2D eigenvalue weighted by Crippen LogP contribution is -2.49. The molecule has 19 heavy (non-hydrogen) atoms. The van der Waals surface area contributed by atoms with Gasteiger partial charge in [-0.1, -0.05) is 18.2 Å². The van der Waals surface area contributed by atoms with Crippen molar-refractivity contribution >= 4 is 11.7 Å². The minimum atomic E-state index is 0.0978. The number of carbonyl (C=O) groups excluding carboxylic acids is 2. The van der Waals surface area contributed by atoms with Crippen LogP contribution in [0.2, 0.25) is 0 Å². The van der Waals surface area contributed by atoms with Gasteiger partial charge in [-0.25, -0.2) is 0 Å². The number of benzene rings is 1. The number of Topliss-reactive ketones (excluding diaryl/α,β-unsaturated/α-hetero) is 1. The molecule has 4 nitrogen and oxygen atoms in total. The molecule has 1 aliphatic heterocycles. The predicted molar refractivity (Wildman–Crippen MR) is 74.2 cm³/mol. The van der Waals surface area contributed by atoms with Gasteiger partial charge in [0.1, 0.15) is 5.78 Å². The third kappa shape index (κ3) is 3.41. The molecule has 0 unspecified atom stereocenters. The molecule has 4 heteroatoms. The summed E-state index contributed by atoms with van der Waals surface area (Å²) in [5.74, 6) is 0.277. The van der Waals surface area contributed by atoms with Crippen molar-refractivity contribution in [1.82, 2.24) is 9.80 Å². The lowest BCUT2D eigenvalue weighted by molar-refractivity contribution is -0.118. The van der Waals surface area contributed by atoms with Gasteiger partial charge in [-0.15, -0.1) is 0 Å². The van der Waals surface area contributed by atoms with Crippen molar-refractivity contribution in [1.29, 1.82) is 0 Å². The van der Waals surface area contributed by atoms with Gasteiger partial charge in [-0.2, -0.15) is 0 Å². The van der Waals surface area contributed by atoms with Crippen LogP contribution in [0, 0.1) is 6.92 Å². The molecule has 0 N–H and O–H groups in total. The zero-order chi connectivity index (χ0) is 13.8. The molecule has 0 saturated carbocycles. The molecular formula is C15H20N2O2. The molecule has 1 aromatic carbocycles. The van der Waals surface area contributed by atoms with E-state index in [1.54, 1.807) is 6.92 Å². The number of amides is 1. The number of hydrogen-bond donors (Lipinski definition) is 0. The summed E-state index contributed by atoms with van der Waals surface area (Å²) in [6.45, 7) is 6.99. The maximum Gasteiger partial charge on any atom is 0.254 e. The number of rotatable bonds is 3. The Hall–Kier alpha value is -1.68. The third-order valence-corrected chi connectivity index (χ3v) is 3.48. The standard InChI is InChI=1S/C15H20N2O2/c1-12-5-3-4-6-14(12)15(19)17-9-7-16(8-10-17)11-13(2)18/h3-6H,7-11H2,1-2H3. The second-order valence-corrected chi connectivity index (χ2v) is 5.09. The Balaban J connectivity index is 1.96. The first-order valence-corrected chi connectivity index (χ1v) is 6.64.